The first-order valence-corrected chi connectivity index (χ1v) is 7.37. The molecule has 102 valence electrons. The maximum absolute atomic E-state index is 2.36. The van der Waals surface area contributed by atoms with Gasteiger partial charge in [0.05, 0.1) is 0 Å². The standard InChI is InChI=1S/C19H26/c1-14(2)13-18(19(3,4)5)17-12-8-10-15-9-6-7-11-16(15)17/h6-12,14,18H,13H2,1-5H3. The summed E-state index contributed by atoms with van der Waals surface area (Å²) in [5.41, 5.74) is 1.81. The smallest absolute Gasteiger partial charge is 0.0105 e. The predicted molar refractivity (Wildman–Crippen MR) is 85.6 cm³/mol. The molecule has 1 atom stereocenters. The Morgan fingerprint density at radius 3 is 2.16 bits per heavy atom. The molecule has 0 amide bonds. The average Bonchev–Trinajstić information content (AvgIpc) is 2.34. The zero-order valence-electron chi connectivity index (χ0n) is 12.9. The van der Waals surface area contributed by atoms with E-state index in [2.05, 4.69) is 77.1 Å². The summed E-state index contributed by atoms with van der Waals surface area (Å²) in [4.78, 5) is 0. The Balaban J connectivity index is 2.56. The Hall–Kier alpha value is -1.30. The van der Waals surface area contributed by atoms with Crippen molar-refractivity contribution in [2.45, 2.75) is 47.0 Å². The van der Waals surface area contributed by atoms with Gasteiger partial charge in [0.2, 0.25) is 0 Å². The molecule has 0 bridgehead atoms. The summed E-state index contributed by atoms with van der Waals surface area (Å²) < 4.78 is 0. The minimum Gasteiger partial charge on any atom is -0.0628 e. The maximum Gasteiger partial charge on any atom is -0.0105 e. The van der Waals surface area contributed by atoms with Crippen LogP contribution in [-0.2, 0) is 0 Å². The van der Waals surface area contributed by atoms with Crippen molar-refractivity contribution in [3.8, 4) is 0 Å². The fourth-order valence-corrected chi connectivity index (χ4v) is 2.97. The SMILES string of the molecule is CC(C)CC(c1cccc2ccccc12)C(C)(C)C. The van der Waals surface area contributed by atoms with Gasteiger partial charge in [-0.15, -0.1) is 0 Å². The summed E-state index contributed by atoms with van der Waals surface area (Å²) in [6, 6.07) is 15.5. The lowest BCUT2D eigenvalue weighted by Crippen LogP contribution is -2.20. The first-order valence-electron chi connectivity index (χ1n) is 7.37. The number of fused-ring (bicyclic) bond motifs is 1. The van der Waals surface area contributed by atoms with Crippen molar-refractivity contribution >= 4 is 10.8 Å². The largest absolute Gasteiger partial charge is 0.0628 e. The van der Waals surface area contributed by atoms with Crippen LogP contribution in [0.15, 0.2) is 42.5 Å². The second-order valence-electron chi connectivity index (χ2n) is 7.12. The molecule has 0 aliphatic rings. The molecule has 2 rings (SSSR count). The third-order valence-corrected chi connectivity index (χ3v) is 3.95. The van der Waals surface area contributed by atoms with E-state index >= 15 is 0 Å². The summed E-state index contributed by atoms with van der Waals surface area (Å²) in [7, 11) is 0. The van der Waals surface area contributed by atoms with Crippen LogP contribution in [0.2, 0.25) is 0 Å². The lowest BCUT2D eigenvalue weighted by molar-refractivity contribution is 0.281. The van der Waals surface area contributed by atoms with Gasteiger partial charge in [0, 0.05) is 0 Å². The molecule has 0 saturated carbocycles. The fraction of sp³-hybridized carbons (Fsp3) is 0.474. The molecule has 0 aliphatic carbocycles. The van der Waals surface area contributed by atoms with Crippen LogP contribution >= 0.6 is 0 Å². The first kappa shape index (κ1) is 14.1. The number of benzene rings is 2. The molecule has 2 aromatic rings. The molecule has 1 unspecified atom stereocenters. The van der Waals surface area contributed by atoms with E-state index in [1.807, 2.05) is 0 Å². The molecule has 0 radical (unpaired) electrons. The number of rotatable bonds is 3. The molecule has 2 aromatic carbocycles. The van der Waals surface area contributed by atoms with Gasteiger partial charge in [-0.3, -0.25) is 0 Å². The van der Waals surface area contributed by atoms with Crippen molar-refractivity contribution in [2.24, 2.45) is 11.3 Å². The van der Waals surface area contributed by atoms with Crippen molar-refractivity contribution < 1.29 is 0 Å². The van der Waals surface area contributed by atoms with Gasteiger partial charge < -0.3 is 0 Å². The molecule has 19 heavy (non-hydrogen) atoms. The van der Waals surface area contributed by atoms with Crippen molar-refractivity contribution in [2.75, 3.05) is 0 Å². The van der Waals surface area contributed by atoms with Crippen LogP contribution in [0.4, 0.5) is 0 Å². The molecule has 0 aromatic heterocycles. The normalized spacial score (nSPS) is 14.0. The minimum absolute atomic E-state index is 0.300. The van der Waals surface area contributed by atoms with Crippen LogP contribution in [0.3, 0.4) is 0 Å². The van der Waals surface area contributed by atoms with Crippen molar-refractivity contribution in [1.82, 2.24) is 0 Å². The van der Waals surface area contributed by atoms with Gasteiger partial charge >= 0.3 is 0 Å². The van der Waals surface area contributed by atoms with Crippen molar-refractivity contribution in [1.29, 1.82) is 0 Å². The molecule has 0 spiro atoms. The minimum atomic E-state index is 0.300. The van der Waals surface area contributed by atoms with Gasteiger partial charge in [-0.1, -0.05) is 77.1 Å². The summed E-state index contributed by atoms with van der Waals surface area (Å²) in [6.07, 6.45) is 1.25. The van der Waals surface area contributed by atoms with Gasteiger partial charge in [-0.2, -0.15) is 0 Å². The van der Waals surface area contributed by atoms with Crippen LogP contribution in [0, 0.1) is 11.3 Å². The van der Waals surface area contributed by atoms with E-state index in [-0.39, 0.29) is 0 Å². The summed E-state index contributed by atoms with van der Waals surface area (Å²) in [5.74, 6) is 1.33. The third-order valence-electron chi connectivity index (χ3n) is 3.95. The fourth-order valence-electron chi connectivity index (χ4n) is 2.97. The third kappa shape index (κ3) is 3.18. The van der Waals surface area contributed by atoms with E-state index in [0.29, 0.717) is 11.3 Å². The Morgan fingerprint density at radius 2 is 1.53 bits per heavy atom. The molecule has 0 heteroatoms. The highest BCUT2D eigenvalue weighted by atomic mass is 14.3. The first-order chi connectivity index (χ1) is 8.89. The molecule has 0 saturated heterocycles. The summed E-state index contributed by atoms with van der Waals surface area (Å²) in [6.45, 7) is 11.7. The van der Waals surface area contributed by atoms with E-state index in [9.17, 15) is 0 Å². The van der Waals surface area contributed by atoms with Crippen LogP contribution < -0.4 is 0 Å². The molecular formula is C19H26. The lowest BCUT2D eigenvalue weighted by atomic mass is 9.71. The second kappa shape index (κ2) is 5.36. The number of hydrogen-bond acceptors (Lipinski definition) is 0. The molecule has 0 heterocycles. The lowest BCUT2D eigenvalue weighted by Gasteiger charge is -2.33. The van der Waals surface area contributed by atoms with E-state index in [4.69, 9.17) is 0 Å². The van der Waals surface area contributed by atoms with Crippen LogP contribution in [0.1, 0.15) is 52.5 Å². The molecule has 0 N–H and O–H groups in total. The highest BCUT2D eigenvalue weighted by molar-refractivity contribution is 5.86. The Bertz CT molecular complexity index is 538. The highest BCUT2D eigenvalue weighted by Gasteiger charge is 2.27. The summed E-state index contributed by atoms with van der Waals surface area (Å²) in [5, 5.41) is 2.78. The van der Waals surface area contributed by atoms with E-state index in [0.717, 1.165) is 5.92 Å². The molecular weight excluding hydrogens is 228 g/mol. The predicted octanol–water partition coefficient (Wildman–Crippen LogP) is 6.02. The van der Waals surface area contributed by atoms with Gasteiger partial charge in [0.1, 0.15) is 0 Å². The number of hydrogen-bond donors (Lipinski definition) is 0. The topological polar surface area (TPSA) is 0 Å². The zero-order chi connectivity index (χ0) is 14.0. The Labute approximate surface area is 117 Å². The van der Waals surface area contributed by atoms with Crippen LogP contribution in [0.25, 0.3) is 10.8 Å². The highest BCUT2D eigenvalue weighted by Crippen LogP contribution is 2.42. The Morgan fingerprint density at radius 1 is 0.895 bits per heavy atom. The Kier molecular flexibility index (Phi) is 3.99. The van der Waals surface area contributed by atoms with E-state index < -0.39 is 0 Å². The van der Waals surface area contributed by atoms with E-state index in [1.54, 1.807) is 0 Å². The zero-order valence-corrected chi connectivity index (χ0v) is 12.9. The van der Waals surface area contributed by atoms with Gasteiger partial charge in [0.25, 0.3) is 0 Å². The van der Waals surface area contributed by atoms with Crippen LogP contribution in [-0.4, -0.2) is 0 Å². The van der Waals surface area contributed by atoms with Gasteiger partial charge in [-0.25, -0.2) is 0 Å². The quantitative estimate of drug-likeness (QED) is 0.628. The van der Waals surface area contributed by atoms with E-state index in [1.165, 1.54) is 22.8 Å². The van der Waals surface area contributed by atoms with Crippen molar-refractivity contribution in [3.63, 3.8) is 0 Å². The molecule has 0 fully saturated rings. The second-order valence-corrected chi connectivity index (χ2v) is 7.12. The molecule has 0 aliphatic heterocycles. The molecule has 0 nitrogen and oxygen atoms in total. The van der Waals surface area contributed by atoms with Gasteiger partial charge in [0.15, 0.2) is 0 Å². The average molecular weight is 254 g/mol. The van der Waals surface area contributed by atoms with Crippen molar-refractivity contribution in [3.05, 3.63) is 48.0 Å². The van der Waals surface area contributed by atoms with Gasteiger partial charge in [-0.05, 0) is 40.0 Å². The summed E-state index contributed by atoms with van der Waals surface area (Å²) >= 11 is 0. The monoisotopic (exact) mass is 254 g/mol. The van der Waals surface area contributed by atoms with Crippen LogP contribution in [0.5, 0.6) is 0 Å². The maximum atomic E-state index is 2.36.